The van der Waals surface area contributed by atoms with Crippen molar-refractivity contribution in [3.63, 3.8) is 0 Å². The number of carbonyl (C=O) groups excluding carboxylic acids is 1. The highest BCUT2D eigenvalue weighted by Gasteiger charge is 2.33. The molecule has 0 aromatic carbocycles. The van der Waals surface area contributed by atoms with Crippen LogP contribution in [-0.4, -0.2) is 77.9 Å². The molecule has 2 aliphatic heterocycles. The lowest BCUT2D eigenvalue weighted by atomic mass is 9.97. The van der Waals surface area contributed by atoms with Crippen molar-refractivity contribution in [2.24, 2.45) is 0 Å². The zero-order chi connectivity index (χ0) is 17.8. The molecule has 1 aromatic rings. The molecule has 3 rings (SSSR count). The van der Waals surface area contributed by atoms with Gasteiger partial charge in [0.15, 0.2) is 12.1 Å². The van der Waals surface area contributed by atoms with Crippen molar-refractivity contribution in [1.82, 2.24) is 19.8 Å². The minimum atomic E-state index is -0.271. The summed E-state index contributed by atoms with van der Waals surface area (Å²) in [5.41, 5.74) is -0.0450. The summed E-state index contributed by atoms with van der Waals surface area (Å²) in [4.78, 5) is 37.0. The van der Waals surface area contributed by atoms with Crippen molar-refractivity contribution < 1.29 is 4.79 Å². The van der Waals surface area contributed by atoms with Crippen LogP contribution in [0.1, 0.15) is 43.1 Å². The summed E-state index contributed by atoms with van der Waals surface area (Å²) in [6, 6.07) is 1.11. The molecule has 2 aliphatic rings. The van der Waals surface area contributed by atoms with E-state index in [1.54, 1.807) is 0 Å². The fraction of sp³-hybridized carbons (Fsp3) is 0.722. The smallest absolute Gasteiger partial charge is 0.291 e. The van der Waals surface area contributed by atoms with Gasteiger partial charge in [-0.2, -0.15) is 0 Å². The first kappa shape index (κ1) is 18.1. The lowest BCUT2D eigenvalue weighted by Crippen LogP contribution is -2.59. The van der Waals surface area contributed by atoms with Gasteiger partial charge in [-0.25, -0.2) is 4.98 Å². The van der Waals surface area contributed by atoms with Gasteiger partial charge in [0.2, 0.25) is 0 Å². The number of aromatic amines is 1. The molecular formula is C18H29N5O2. The van der Waals surface area contributed by atoms with Crippen molar-refractivity contribution >= 4 is 12.1 Å². The van der Waals surface area contributed by atoms with E-state index in [9.17, 15) is 9.59 Å². The van der Waals surface area contributed by atoms with E-state index in [0.717, 1.165) is 45.6 Å². The summed E-state index contributed by atoms with van der Waals surface area (Å²) in [6.45, 7) is 7.15. The third-order valence-electron chi connectivity index (χ3n) is 5.52. The standard InChI is InChI=1S/C18H29N5O2/c1-3-4-16-12-22(17-18(25)20-14(13-24)11-19-17)9-10-23(16)15-5-7-21(2)8-6-15/h11,13,15-16H,3-10,12H2,1-2H3,(H,20,25). The maximum Gasteiger partial charge on any atom is 0.291 e. The van der Waals surface area contributed by atoms with E-state index in [4.69, 9.17) is 0 Å². The van der Waals surface area contributed by atoms with E-state index < -0.39 is 0 Å². The number of carbonyl (C=O) groups is 1. The third-order valence-corrected chi connectivity index (χ3v) is 5.52. The summed E-state index contributed by atoms with van der Waals surface area (Å²) < 4.78 is 0. The Labute approximate surface area is 149 Å². The number of rotatable bonds is 5. The van der Waals surface area contributed by atoms with Crippen LogP contribution in [-0.2, 0) is 0 Å². The number of anilines is 1. The molecule has 1 unspecified atom stereocenters. The number of hydrogen-bond acceptors (Lipinski definition) is 6. The molecule has 7 nitrogen and oxygen atoms in total. The van der Waals surface area contributed by atoms with Gasteiger partial charge in [0, 0.05) is 31.7 Å². The Hall–Kier alpha value is -1.73. The Morgan fingerprint density at radius 1 is 1.28 bits per heavy atom. The molecule has 0 saturated carbocycles. The molecule has 1 atom stereocenters. The van der Waals surface area contributed by atoms with Crippen LogP contribution in [0.3, 0.4) is 0 Å². The number of hydrogen-bond donors (Lipinski definition) is 1. The fourth-order valence-electron chi connectivity index (χ4n) is 4.15. The van der Waals surface area contributed by atoms with Crippen molar-refractivity contribution in [2.45, 2.75) is 44.7 Å². The summed E-state index contributed by atoms with van der Waals surface area (Å²) in [6.07, 6.45) is 6.79. The fourth-order valence-corrected chi connectivity index (χ4v) is 4.15. The van der Waals surface area contributed by atoms with E-state index >= 15 is 0 Å². The highest BCUT2D eigenvalue weighted by molar-refractivity contribution is 5.71. The molecular weight excluding hydrogens is 318 g/mol. The molecule has 1 N–H and O–H groups in total. The van der Waals surface area contributed by atoms with Gasteiger partial charge in [-0.1, -0.05) is 13.3 Å². The summed E-state index contributed by atoms with van der Waals surface area (Å²) in [5, 5.41) is 0. The van der Waals surface area contributed by atoms with E-state index in [1.165, 1.54) is 19.0 Å². The maximum atomic E-state index is 12.2. The zero-order valence-corrected chi connectivity index (χ0v) is 15.3. The molecule has 25 heavy (non-hydrogen) atoms. The van der Waals surface area contributed by atoms with Crippen LogP contribution >= 0.6 is 0 Å². The topological polar surface area (TPSA) is 72.5 Å². The van der Waals surface area contributed by atoms with Crippen molar-refractivity contribution in [1.29, 1.82) is 0 Å². The predicted molar refractivity (Wildman–Crippen MR) is 98.4 cm³/mol. The summed E-state index contributed by atoms with van der Waals surface area (Å²) in [5.74, 6) is 0.440. The Bertz CT molecular complexity index is 639. The molecule has 0 spiro atoms. The quantitative estimate of drug-likeness (QED) is 0.800. The molecule has 2 fully saturated rings. The highest BCUT2D eigenvalue weighted by atomic mass is 16.1. The van der Waals surface area contributed by atoms with Crippen LogP contribution < -0.4 is 10.5 Å². The van der Waals surface area contributed by atoms with Crippen LogP contribution in [0.5, 0.6) is 0 Å². The van der Waals surface area contributed by atoms with Crippen molar-refractivity contribution in [2.75, 3.05) is 44.7 Å². The number of piperazine rings is 1. The second kappa shape index (κ2) is 8.10. The van der Waals surface area contributed by atoms with Crippen molar-refractivity contribution in [3.05, 3.63) is 22.2 Å². The maximum absolute atomic E-state index is 12.2. The van der Waals surface area contributed by atoms with Gasteiger partial charge in [0.1, 0.15) is 5.69 Å². The van der Waals surface area contributed by atoms with Gasteiger partial charge in [-0.05, 0) is 39.4 Å². The molecule has 2 saturated heterocycles. The number of H-pyrrole nitrogens is 1. The first-order valence-corrected chi connectivity index (χ1v) is 9.36. The first-order chi connectivity index (χ1) is 12.1. The van der Waals surface area contributed by atoms with Crippen LogP contribution in [0.25, 0.3) is 0 Å². The van der Waals surface area contributed by atoms with E-state index in [-0.39, 0.29) is 11.3 Å². The molecule has 1 aromatic heterocycles. The lowest BCUT2D eigenvalue weighted by molar-refractivity contribution is 0.0676. The second-order valence-electron chi connectivity index (χ2n) is 7.27. The number of piperidine rings is 1. The molecule has 7 heteroatoms. The van der Waals surface area contributed by atoms with Crippen LogP contribution in [0.15, 0.2) is 11.0 Å². The van der Waals surface area contributed by atoms with Gasteiger partial charge in [0.25, 0.3) is 5.56 Å². The van der Waals surface area contributed by atoms with Crippen LogP contribution in [0.4, 0.5) is 5.82 Å². The van der Waals surface area contributed by atoms with Gasteiger partial charge < -0.3 is 14.8 Å². The Morgan fingerprint density at radius 3 is 2.68 bits per heavy atom. The average Bonchev–Trinajstić information content (AvgIpc) is 2.63. The van der Waals surface area contributed by atoms with E-state index in [0.29, 0.717) is 24.2 Å². The molecule has 138 valence electrons. The molecule has 3 heterocycles. The number of aldehydes is 1. The van der Waals surface area contributed by atoms with Gasteiger partial charge >= 0.3 is 0 Å². The minimum absolute atomic E-state index is 0.226. The Morgan fingerprint density at radius 2 is 2.04 bits per heavy atom. The third kappa shape index (κ3) is 4.10. The summed E-state index contributed by atoms with van der Waals surface area (Å²) >= 11 is 0. The second-order valence-corrected chi connectivity index (χ2v) is 7.27. The van der Waals surface area contributed by atoms with Gasteiger partial charge in [-0.3, -0.25) is 14.5 Å². The first-order valence-electron chi connectivity index (χ1n) is 9.36. The van der Waals surface area contributed by atoms with E-state index in [1.807, 2.05) is 0 Å². The SMILES string of the molecule is CCCC1CN(c2ncc(C=O)[nH]c2=O)CCN1C1CCN(C)CC1. The predicted octanol–water partition coefficient (Wildman–Crippen LogP) is 0.967. The molecule has 0 aliphatic carbocycles. The molecule has 0 amide bonds. The number of nitrogens with zero attached hydrogens (tertiary/aromatic N) is 4. The van der Waals surface area contributed by atoms with Gasteiger partial charge in [0.05, 0.1) is 6.20 Å². The lowest BCUT2D eigenvalue weighted by Gasteiger charge is -2.47. The molecule has 0 bridgehead atoms. The molecule has 0 radical (unpaired) electrons. The van der Waals surface area contributed by atoms with Gasteiger partial charge in [-0.15, -0.1) is 0 Å². The number of nitrogens with one attached hydrogen (secondary N) is 1. The van der Waals surface area contributed by atoms with Crippen molar-refractivity contribution in [3.8, 4) is 0 Å². The average molecular weight is 347 g/mol. The normalized spacial score (nSPS) is 23.8. The summed E-state index contributed by atoms with van der Waals surface area (Å²) in [7, 11) is 2.19. The minimum Gasteiger partial charge on any atom is -0.349 e. The van der Waals surface area contributed by atoms with Crippen LogP contribution in [0.2, 0.25) is 0 Å². The zero-order valence-electron chi connectivity index (χ0n) is 15.3. The van der Waals surface area contributed by atoms with E-state index in [2.05, 4.69) is 38.6 Å². The largest absolute Gasteiger partial charge is 0.349 e. The van der Waals surface area contributed by atoms with Crippen LogP contribution in [0, 0.1) is 0 Å². The number of aromatic nitrogens is 2. The number of likely N-dealkylation sites (tertiary alicyclic amines) is 1. The Kier molecular flexibility index (Phi) is 5.86. The monoisotopic (exact) mass is 347 g/mol. The highest BCUT2D eigenvalue weighted by Crippen LogP contribution is 2.24. The Balaban J connectivity index is 1.72.